The second kappa shape index (κ2) is 2.91. The molecule has 0 bridgehead atoms. The molecule has 1 unspecified atom stereocenters. The van der Waals surface area contributed by atoms with E-state index in [1.165, 1.54) is 0 Å². The summed E-state index contributed by atoms with van der Waals surface area (Å²) in [4.78, 5) is 0. The molecule has 0 aromatic carbocycles. The Kier molecular flexibility index (Phi) is 3.55. The molecule has 0 spiro atoms. The maximum absolute atomic E-state index is 9.99. The molecule has 0 aromatic heterocycles. The van der Waals surface area contributed by atoms with Gasteiger partial charge in [-0.3, -0.25) is 0 Å². The van der Waals surface area contributed by atoms with Crippen molar-refractivity contribution in [3.05, 3.63) is 0 Å². The Morgan fingerprint density at radius 1 is 1.43 bits per heavy atom. The van der Waals surface area contributed by atoms with Crippen LogP contribution in [-0.2, 0) is 11.1 Å². The predicted octanol–water partition coefficient (Wildman–Crippen LogP) is 2.00. The van der Waals surface area contributed by atoms with Crippen LogP contribution in [0.2, 0.25) is 0 Å². The molecule has 0 heterocycles. The summed E-state index contributed by atoms with van der Waals surface area (Å²) < 4.78 is 17.2. The van der Waals surface area contributed by atoms with Crippen molar-refractivity contribution in [2.45, 2.75) is 1.47 Å². The van der Waals surface area contributed by atoms with Crippen molar-refractivity contribution in [1.82, 2.24) is 0 Å². The zero-order valence-corrected chi connectivity index (χ0v) is 8.47. The summed E-state index contributed by atoms with van der Waals surface area (Å²) in [5.41, 5.74) is 0. The van der Waals surface area contributed by atoms with E-state index in [1.54, 1.807) is 0 Å². The molecule has 7 heavy (non-hydrogen) atoms. The summed E-state index contributed by atoms with van der Waals surface area (Å²) in [6, 6.07) is 0. The Morgan fingerprint density at radius 2 is 1.57 bits per heavy atom. The van der Waals surface area contributed by atoms with Crippen molar-refractivity contribution in [2.75, 3.05) is 0 Å². The van der Waals surface area contributed by atoms with Gasteiger partial charge >= 0.3 is 0 Å². The van der Waals surface area contributed by atoms with Crippen molar-refractivity contribution in [3.8, 4) is 0 Å². The fraction of sp³-hybridized carbons (Fsp3) is 1.00. The molecule has 0 aliphatic heterocycles. The van der Waals surface area contributed by atoms with Gasteiger partial charge in [0, 0.05) is 0 Å². The average Bonchev–Trinajstić information content (AvgIpc) is 1.31. The third kappa shape index (κ3) is 4.08. The number of hydrogen-bond acceptors (Lipinski definition) is 1. The molecular formula is CHBr3O2S. The summed E-state index contributed by atoms with van der Waals surface area (Å²) in [6.45, 7) is 0. The van der Waals surface area contributed by atoms with Crippen LogP contribution in [0, 0.1) is 0 Å². The van der Waals surface area contributed by atoms with Gasteiger partial charge in [0.05, 0.1) is 0 Å². The Hall–Kier alpha value is 1.55. The van der Waals surface area contributed by atoms with E-state index >= 15 is 0 Å². The highest BCUT2D eigenvalue weighted by atomic mass is 80.0. The number of hydrogen-bond donors (Lipinski definition) is 1. The van der Waals surface area contributed by atoms with Crippen molar-refractivity contribution < 1.29 is 8.76 Å². The van der Waals surface area contributed by atoms with E-state index in [0.29, 0.717) is 0 Å². The lowest BCUT2D eigenvalue weighted by atomic mass is 11.9. The molecule has 0 aromatic rings. The first kappa shape index (κ1) is 8.55. The Bertz CT molecular complexity index is 85.4. The lowest BCUT2D eigenvalue weighted by Gasteiger charge is -2.02. The molecule has 1 atom stereocenters. The molecule has 2 nitrogen and oxygen atoms in total. The Balaban J connectivity index is 3.79. The minimum Gasteiger partial charge on any atom is -0.304 e. The highest BCUT2D eigenvalue weighted by Gasteiger charge is 2.24. The van der Waals surface area contributed by atoms with Crippen LogP contribution in [-0.4, -0.2) is 10.2 Å². The third-order valence-electron chi connectivity index (χ3n) is 0.198. The fourth-order valence-corrected chi connectivity index (χ4v) is 0. The van der Waals surface area contributed by atoms with Gasteiger partial charge in [-0.05, 0) is 47.8 Å². The zero-order valence-electron chi connectivity index (χ0n) is 2.90. The summed E-state index contributed by atoms with van der Waals surface area (Å²) in [7, 11) is 0. The first-order chi connectivity index (χ1) is 2.94. The van der Waals surface area contributed by atoms with E-state index in [4.69, 9.17) is 4.55 Å². The largest absolute Gasteiger partial charge is 0.304 e. The predicted molar refractivity (Wildman–Crippen MR) is 40.3 cm³/mol. The van der Waals surface area contributed by atoms with Gasteiger partial charge in [0.25, 0.3) is 0 Å². The highest BCUT2D eigenvalue weighted by Crippen LogP contribution is 2.35. The first-order valence-electron chi connectivity index (χ1n) is 1.12. The molecular weight excluding hydrogens is 316 g/mol. The minimum atomic E-state index is -1.93. The summed E-state index contributed by atoms with van der Waals surface area (Å²) in [6.07, 6.45) is 0. The Labute approximate surface area is 68.7 Å². The van der Waals surface area contributed by atoms with Crippen molar-refractivity contribution in [3.63, 3.8) is 0 Å². The monoisotopic (exact) mass is 314 g/mol. The quantitative estimate of drug-likeness (QED) is 0.548. The fourth-order valence-electron chi connectivity index (χ4n) is 0. The van der Waals surface area contributed by atoms with Crippen LogP contribution in [0.4, 0.5) is 0 Å². The molecule has 0 aliphatic carbocycles. The molecule has 0 rings (SSSR count). The molecule has 0 saturated carbocycles. The number of rotatable bonds is 0. The maximum Gasteiger partial charge on any atom is 0.234 e. The van der Waals surface area contributed by atoms with Gasteiger partial charge in [0.1, 0.15) is 0 Å². The van der Waals surface area contributed by atoms with E-state index in [1.807, 2.05) is 0 Å². The standard InChI is InChI=1S/CHBr3O2S/c2-1(3,4)7(5)6/h(H,5,6). The Morgan fingerprint density at radius 3 is 1.57 bits per heavy atom. The topological polar surface area (TPSA) is 37.3 Å². The van der Waals surface area contributed by atoms with Crippen LogP contribution < -0.4 is 0 Å². The van der Waals surface area contributed by atoms with Crippen LogP contribution in [0.5, 0.6) is 0 Å². The van der Waals surface area contributed by atoms with Crippen LogP contribution in [0.3, 0.4) is 0 Å². The zero-order chi connectivity index (χ0) is 6.08. The molecule has 0 aliphatic rings. The van der Waals surface area contributed by atoms with E-state index in [0.717, 1.165) is 0 Å². The van der Waals surface area contributed by atoms with Gasteiger partial charge in [-0.15, -0.1) is 0 Å². The van der Waals surface area contributed by atoms with Crippen molar-refractivity contribution in [2.24, 2.45) is 0 Å². The van der Waals surface area contributed by atoms with Crippen LogP contribution in [0.25, 0.3) is 0 Å². The van der Waals surface area contributed by atoms with Gasteiger partial charge in [0.2, 0.25) is 1.47 Å². The number of halogens is 3. The van der Waals surface area contributed by atoms with Crippen molar-refractivity contribution >= 4 is 58.9 Å². The van der Waals surface area contributed by atoms with Gasteiger partial charge in [-0.25, -0.2) is 4.21 Å². The van der Waals surface area contributed by atoms with Crippen LogP contribution >= 0.6 is 47.8 Å². The van der Waals surface area contributed by atoms with E-state index in [-0.39, 0.29) is 0 Å². The van der Waals surface area contributed by atoms with Gasteiger partial charge < -0.3 is 4.55 Å². The van der Waals surface area contributed by atoms with Crippen molar-refractivity contribution in [1.29, 1.82) is 0 Å². The smallest absolute Gasteiger partial charge is 0.234 e. The summed E-state index contributed by atoms with van der Waals surface area (Å²) in [5, 5.41) is 0. The molecule has 0 amide bonds. The van der Waals surface area contributed by atoms with Gasteiger partial charge in [-0.2, -0.15) is 0 Å². The van der Waals surface area contributed by atoms with Crippen LogP contribution in [0.1, 0.15) is 0 Å². The summed E-state index contributed by atoms with van der Waals surface area (Å²) >= 11 is 6.55. The lowest BCUT2D eigenvalue weighted by molar-refractivity contribution is 0.567. The average molecular weight is 317 g/mol. The molecule has 0 saturated heterocycles. The van der Waals surface area contributed by atoms with Crippen LogP contribution in [0.15, 0.2) is 0 Å². The molecule has 6 heteroatoms. The first-order valence-corrected chi connectivity index (χ1v) is 4.61. The summed E-state index contributed by atoms with van der Waals surface area (Å²) in [5.74, 6) is 0. The highest BCUT2D eigenvalue weighted by molar-refractivity contribution is 9.42. The van der Waals surface area contributed by atoms with E-state index in [2.05, 4.69) is 47.8 Å². The molecule has 44 valence electrons. The maximum atomic E-state index is 9.99. The normalized spacial score (nSPS) is 16.6. The molecule has 0 fully saturated rings. The SMILES string of the molecule is O=S(O)C(Br)(Br)Br. The van der Waals surface area contributed by atoms with E-state index < -0.39 is 12.6 Å². The second-order valence-electron chi connectivity index (χ2n) is 0.695. The van der Waals surface area contributed by atoms with Gasteiger partial charge in [-0.1, -0.05) is 0 Å². The second-order valence-corrected chi connectivity index (χ2v) is 10.1. The number of alkyl halides is 3. The minimum absolute atomic E-state index is 1.03. The third-order valence-corrected chi connectivity index (χ3v) is 3.09. The molecule has 0 radical (unpaired) electrons. The van der Waals surface area contributed by atoms with Gasteiger partial charge in [0.15, 0.2) is 11.1 Å². The molecule has 1 N–H and O–H groups in total. The van der Waals surface area contributed by atoms with E-state index in [9.17, 15) is 4.21 Å². The lowest BCUT2D eigenvalue weighted by Crippen LogP contribution is -2.06.